The number of aromatic nitrogens is 1. The Labute approximate surface area is 204 Å². The minimum Gasteiger partial charge on any atom is -0.345 e. The molecule has 4 heteroatoms. The van der Waals surface area contributed by atoms with Gasteiger partial charge in [0.25, 0.3) is 5.91 Å². The van der Waals surface area contributed by atoms with E-state index in [1.165, 1.54) is 11.1 Å². The van der Waals surface area contributed by atoms with E-state index in [0.717, 1.165) is 39.0 Å². The summed E-state index contributed by atoms with van der Waals surface area (Å²) in [5.74, 6) is -0.0850. The van der Waals surface area contributed by atoms with E-state index in [2.05, 4.69) is 55.6 Å². The fraction of sp³-hybridized carbons (Fsp3) is 0.133. The van der Waals surface area contributed by atoms with Crippen molar-refractivity contribution < 1.29 is 4.79 Å². The number of aryl methyl sites for hydroxylation is 2. The SMILES string of the molecule is Cc1cc2nc(-c3cccs3)cc(C(=O)NC(Cc3ccccc3)c3ccccc3)c2cc1C. The minimum atomic E-state index is -0.143. The van der Waals surface area contributed by atoms with E-state index in [9.17, 15) is 4.79 Å². The molecule has 168 valence electrons. The Morgan fingerprint density at radius 2 is 1.59 bits per heavy atom. The molecule has 5 aromatic rings. The second-order valence-corrected chi connectivity index (χ2v) is 9.56. The molecule has 5 rings (SSSR count). The maximum absolute atomic E-state index is 13.8. The Morgan fingerprint density at radius 3 is 2.29 bits per heavy atom. The zero-order valence-electron chi connectivity index (χ0n) is 19.3. The Bertz CT molecular complexity index is 1430. The largest absolute Gasteiger partial charge is 0.345 e. The Balaban J connectivity index is 1.57. The number of carbonyl (C=O) groups is 1. The van der Waals surface area contributed by atoms with E-state index in [1.54, 1.807) is 11.3 Å². The lowest BCUT2D eigenvalue weighted by Crippen LogP contribution is -2.30. The number of amides is 1. The molecule has 0 aliphatic carbocycles. The van der Waals surface area contributed by atoms with Crippen LogP contribution in [-0.2, 0) is 6.42 Å². The fourth-order valence-electron chi connectivity index (χ4n) is 4.25. The predicted molar refractivity (Wildman–Crippen MR) is 141 cm³/mol. The molecule has 0 aliphatic rings. The maximum atomic E-state index is 13.8. The molecule has 3 nitrogen and oxygen atoms in total. The van der Waals surface area contributed by atoms with Crippen molar-refractivity contribution in [1.82, 2.24) is 10.3 Å². The second-order valence-electron chi connectivity index (χ2n) is 8.61. The summed E-state index contributed by atoms with van der Waals surface area (Å²) >= 11 is 1.63. The van der Waals surface area contributed by atoms with Crippen LogP contribution in [0.25, 0.3) is 21.5 Å². The lowest BCUT2D eigenvalue weighted by molar-refractivity contribution is 0.0938. The summed E-state index contributed by atoms with van der Waals surface area (Å²) in [6.07, 6.45) is 0.718. The first kappa shape index (κ1) is 22.1. The lowest BCUT2D eigenvalue weighted by Gasteiger charge is -2.20. The monoisotopic (exact) mass is 462 g/mol. The molecule has 1 unspecified atom stereocenters. The number of carbonyl (C=O) groups excluding carboxylic acids is 1. The lowest BCUT2D eigenvalue weighted by atomic mass is 9.97. The highest BCUT2D eigenvalue weighted by atomic mass is 32.1. The molecule has 0 fully saturated rings. The molecule has 0 saturated carbocycles. The van der Waals surface area contributed by atoms with Crippen LogP contribution in [0.5, 0.6) is 0 Å². The number of thiophene rings is 1. The first-order chi connectivity index (χ1) is 16.6. The van der Waals surface area contributed by atoms with Gasteiger partial charge in [-0.25, -0.2) is 4.98 Å². The molecule has 0 saturated heterocycles. The van der Waals surface area contributed by atoms with Crippen LogP contribution in [0.15, 0.2) is 96.4 Å². The fourth-order valence-corrected chi connectivity index (χ4v) is 4.93. The van der Waals surface area contributed by atoms with Gasteiger partial charge in [0.15, 0.2) is 0 Å². The first-order valence-electron chi connectivity index (χ1n) is 11.4. The van der Waals surface area contributed by atoms with Gasteiger partial charge in [-0.2, -0.15) is 0 Å². The number of pyridine rings is 1. The van der Waals surface area contributed by atoms with Crippen LogP contribution in [0.2, 0.25) is 0 Å². The minimum absolute atomic E-state index is 0.0850. The third-order valence-electron chi connectivity index (χ3n) is 6.23. The maximum Gasteiger partial charge on any atom is 0.252 e. The Morgan fingerprint density at radius 1 is 0.882 bits per heavy atom. The molecule has 1 N–H and O–H groups in total. The molecule has 1 atom stereocenters. The number of benzene rings is 3. The van der Waals surface area contributed by atoms with E-state index < -0.39 is 0 Å². The third kappa shape index (κ3) is 4.63. The van der Waals surface area contributed by atoms with Crippen LogP contribution in [0.1, 0.15) is 38.7 Å². The van der Waals surface area contributed by atoms with E-state index in [1.807, 2.05) is 60.0 Å². The van der Waals surface area contributed by atoms with Crippen molar-refractivity contribution in [2.45, 2.75) is 26.3 Å². The summed E-state index contributed by atoms with van der Waals surface area (Å²) in [6.45, 7) is 4.16. The Kier molecular flexibility index (Phi) is 6.24. The molecular weight excluding hydrogens is 436 g/mol. The highest BCUT2D eigenvalue weighted by Crippen LogP contribution is 2.30. The molecule has 0 spiro atoms. The molecule has 1 amide bonds. The highest BCUT2D eigenvalue weighted by Gasteiger charge is 2.20. The Hall–Kier alpha value is -3.76. The number of hydrogen-bond donors (Lipinski definition) is 1. The number of nitrogens with one attached hydrogen (secondary N) is 1. The van der Waals surface area contributed by atoms with E-state index in [-0.39, 0.29) is 11.9 Å². The molecule has 0 radical (unpaired) electrons. The van der Waals surface area contributed by atoms with Crippen LogP contribution < -0.4 is 5.32 Å². The summed E-state index contributed by atoms with van der Waals surface area (Å²) in [5.41, 5.74) is 6.92. The number of rotatable bonds is 6. The van der Waals surface area contributed by atoms with Crippen molar-refractivity contribution in [3.63, 3.8) is 0 Å². The van der Waals surface area contributed by atoms with E-state index >= 15 is 0 Å². The first-order valence-corrected chi connectivity index (χ1v) is 12.3. The van der Waals surface area contributed by atoms with Gasteiger partial charge in [-0.15, -0.1) is 11.3 Å². The number of fused-ring (bicyclic) bond motifs is 1. The van der Waals surface area contributed by atoms with E-state index in [4.69, 9.17) is 4.98 Å². The van der Waals surface area contributed by atoms with Crippen LogP contribution in [-0.4, -0.2) is 10.9 Å². The molecule has 2 heterocycles. The second kappa shape index (κ2) is 9.62. The third-order valence-corrected chi connectivity index (χ3v) is 7.12. The molecule has 0 aliphatic heterocycles. The van der Waals surface area contributed by atoms with Crippen LogP contribution in [0.3, 0.4) is 0 Å². The molecule has 2 aromatic heterocycles. The van der Waals surface area contributed by atoms with Crippen LogP contribution >= 0.6 is 11.3 Å². The van der Waals surface area contributed by atoms with Gasteiger partial charge in [0.1, 0.15) is 0 Å². The van der Waals surface area contributed by atoms with Gasteiger partial charge < -0.3 is 5.32 Å². The number of nitrogens with zero attached hydrogens (tertiary/aromatic N) is 1. The van der Waals surface area contributed by atoms with Crippen molar-refractivity contribution in [2.75, 3.05) is 0 Å². The summed E-state index contributed by atoms with van der Waals surface area (Å²) in [6, 6.07) is 30.5. The smallest absolute Gasteiger partial charge is 0.252 e. The van der Waals surface area contributed by atoms with Gasteiger partial charge in [-0.05, 0) is 72.2 Å². The summed E-state index contributed by atoms with van der Waals surface area (Å²) in [7, 11) is 0. The zero-order chi connectivity index (χ0) is 23.5. The molecule has 0 bridgehead atoms. The van der Waals surface area contributed by atoms with Crippen molar-refractivity contribution in [2.24, 2.45) is 0 Å². The summed E-state index contributed by atoms with van der Waals surface area (Å²) in [4.78, 5) is 19.8. The average molecular weight is 463 g/mol. The van der Waals surface area contributed by atoms with Gasteiger partial charge in [0.05, 0.1) is 27.7 Å². The number of hydrogen-bond acceptors (Lipinski definition) is 3. The van der Waals surface area contributed by atoms with Crippen molar-refractivity contribution in [3.8, 4) is 10.6 Å². The van der Waals surface area contributed by atoms with Crippen molar-refractivity contribution in [1.29, 1.82) is 0 Å². The standard InChI is InChI=1S/C30H26N2OS/c1-20-16-24-25(19-28(29-14-9-15-34-29)31-27(24)17-21(20)2)30(33)32-26(23-12-7-4-8-13-23)18-22-10-5-3-6-11-22/h3-17,19,26H,18H2,1-2H3,(H,32,33). The molecule has 3 aromatic carbocycles. The highest BCUT2D eigenvalue weighted by molar-refractivity contribution is 7.13. The van der Waals surface area contributed by atoms with Crippen LogP contribution in [0.4, 0.5) is 0 Å². The predicted octanol–water partition coefficient (Wildman–Crippen LogP) is 7.29. The quantitative estimate of drug-likeness (QED) is 0.288. The summed E-state index contributed by atoms with van der Waals surface area (Å²) in [5, 5.41) is 6.25. The van der Waals surface area contributed by atoms with Gasteiger partial charge in [0.2, 0.25) is 0 Å². The topological polar surface area (TPSA) is 42.0 Å². The molecular formula is C30H26N2OS. The van der Waals surface area contributed by atoms with Gasteiger partial charge in [-0.1, -0.05) is 66.7 Å². The van der Waals surface area contributed by atoms with Crippen LogP contribution in [0, 0.1) is 13.8 Å². The van der Waals surface area contributed by atoms with Crippen molar-refractivity contribution >= 4 is 28.1 Å². The summed E-state index contributed by atoms with van der Waals surface area (Å²) < 4.78 is 0. The normalized spacial score (nSPS) is 11.9. The van der Waals surface area contributed by atoms with Crippen molar-refractivity contribution in [3.05, 3.63) is 124 Å². The average Bonchev–Trinajstić information content (AvgIpc) is 3.40. The van der Waals surface area contributed by atoms with Gasteiger partial charge in [0, 0.05) is 5.39 Å². The zero-order valence-corrected chi connectivity index (χ0v) is 20.1. The van der Waals surface area contributed by atoms with E-state index in [0.29, 0.717) is 5.56 Å². The van der Waals surface area contributed by atoms with Gasteiger partial charge >= 0.3 is 0 Å². The van der Waals surface area contributed by atoms with Gasteiger partial charge in [-0.3, -0.25) is 4.79 Å². The molecule has 34 heavy (non-hydrogen) atoms.